The molecule has 3 aromatic carbocycles. The number of hydrogen-bond donors (Lipinski definition) is 0. The van der Waals surface area contributed by atoms with Gasteiger partial charge in [-0.05, 0) is 72.7 Å². The fraction of sp³-hybridized carbons (Fsp3) is 0.353. The summed E-state index contributed by atoms with van der Waals surface area (Å²) in [5.41, 5.74) is 5.15. The van der Waals surface area contributed by atoms with Gasteiger partial charge in [0.25, 0.3) is 0 Å². The molecule has 0 fully saturated rings. The lowest BCUT2D eigenvalue weighted by Gasteiger charge is -2.15. The van der Waals surface area contributed by atoms with E-state index in [1.165, 1.54) is 0 Å². The Morgan fingerprint density at radius 2 is 0.900 bits per heavy atom. The molecule has 0 spiro atoms. The second-order valence-corrected chi connectivity index (χ2v) is 9.39. The van der Waals surface area contributed by atoms with Crippen LogP contribution in [0.1, 0.15) is 53.5 Å². The first-order chi connectivity index (χ1) is 19.5. The maximum atomic E-state index is 6.05. The molecule has 40 heavy (non-hydrogen) atoms. The predicted octanol–water partition coefficient (Wildman–Crippen LogP) is 7.96. The largest absolute Gasteiger partial charge is 0.496 e. The van der Waals surface area contributed by atoms with Crippen LogP contribution in [-0.4, -0.2) is 48.8 Å². The number of hydrogen-bond acceptors (Lipinski definition) is 6. The molecule has 0 aliphatic rings. The summed E-state index contributed by atoms with van der Waals surface area (Å²) in [6.07, 6.45) is 12.5. The van der Waals surface area contributed by atoms with Gasteiger partial charge in [0.2, 0.25) is 5.75 Å². The van der Waals surface area contributed by atoms with Crippen molar-refractivity contribution in [3.8, 4) is 28.7 Å². The predicted molar refractivity (Wildman–Crippen MR) is 164 cm³/mol. The Morgan fingerprint density at radius 3 is 1.32 bits per heavy atom. The van der Waals surface area contributed by atoms with E-state index >= 15 is 0 Å². The average molecular weight is 547 g/mol. The molecule has 0 heterocycles. The monoisotopic (exact) mass is 546 g/mol. The highest BCUT2D eigenvalue weighted by Gasteiger charge is 2.13. The summed E-state index contributed by atoms with van der Waals surface area (Å²) >= 11 is 0. The molecule has 0 saturated heterocycles. The number of methoxy groups -OCH3 is 5. The zero-order valence-electron chi connectivity index (χ0n) is 24.6. The maximum Gasteiger partial charge on any atom is 0.203 e. The molecule has 0 bridgehead atoms. The summed E-state index contributed by atoms with van der Waals surface area (Å²) in [5.74, 6) is 3.56. The summed E-state index contributed by atoms with van der Waals surface area (Å²) < 4.78 is 33.4. The molecule has 0 N–H and O–H groups in total. The lowest BCUT2D eigenvalue weighted by molar-refractivity contribution is 0.190. The SMILES string of the molecule is COCCCCCCOc1c(OC)cc(C=Cc2ccc(C=Cc3cc(OC)c(C)c(OC)c3)cc2)cc1OC. The second-order valence-electron chi connectivity index (χ2n) is 9.39. The third kappa shape index (κ3) is 8.82. The molecule has 0 radical (unpaired) electrons. The lowest BCUT2D eigenvalue weighted by Crippen LogP contribution is -2.02. The minimum Gasteiger partial charge on any atom is -0.496 e. The van der Waals surface area contributed by atoms with Gasteiger partial charge in [0.15, 0.2) is 11.5 Å². The van der Waals surface area contributed by atoms with Gasteiger partial charge in [0, 0.05) is 19.3 Å². The summed E-state index contributed by atoms with van der Waals surface area (Å²) in [7, 11) is 8.37. The van der Waals surface area contributed by atoms with E-state index in [1.807, 2.05) is 37.3 Å². The van der Waals surface area contributed by atoms with Crippen molar-refractivity contribution in [1.29, 1.82) is 0 Å². The minimum absolute atomic E-state index is 0.612. The smallest absolute Gasteiger partial charge is 0.203 e. The van der Waals surface area contributed by atoms with Crippen molar-refractivity contribution in [3.05, 3.63) is 76.3 Å². The van der Waals surface area contributed by atoms with E-state index in [9.17, 15) is 0 Å². The van der Waals surface area contributed by atoms with Crippen LogP contribution in [0.15, 0.2) is 48.5 Å². The Kier molecular flexibility index (Phi) is 12.5. The van der Waals surface area contributed by atoms with Gasteiger partial charge in [0.1, 0.15) is 11.5 Å². The van der Waals surface area contributed by atoms with E-state index < -0.39 is 0 Å². The Labute approximate surface area is 239 Å². The molecule has 6 heteroatoms. The summed E-state index contributed by atoms with van der Waals surface area (Å²) in [6, 6.07) is 16.3. The molecule has 6 nitrogen and oxygen atoms in total. The Morgan fingerprint density at radius 1 is 0.500 bits per heavy atom. The van der Waals surface area contributed by atoms with Gasteiger partial charge >= 0.3 is 0 Å². The van der Waals surface area contributed by atoms with E-state index in [-0.39, 0.29) is 0 Å². The van der Waals surface area contributed by atoms with Crippen molar-refractivity contribution in [3.63, 3.8) is 0 Å². The van der Waals surface area contributed by atoms with Gasteiger partial charge in [-0.25, -0.2) is 0 Å². The average Bonchev–Trinajstić information content (AvgIpc) is 2.99. The number of benzene rings is 3. The molecule has 3 rings (SSSR count). The van der Waals surface area contributed by atoms with Gasteiger partial charge in [-0.15, -0.1) is 0 Å². The highest BCUT2D eigenvalue weighted by Crippen LogP contribution is 2.39. The first-order valence-corrected chi connectivity index (χ1v) is 13.6. The zero-order chi connectivity index (χ0) is 28.7. The highest BCUT2D eigenvalue weighted by molar-refractivity contribution is 5.75. The van der Waals surface area contributed by atoms with Gasteiger partial charge in [-0.3, -0.25) is 0 Å². The first kappa shape index (κ1) is 30.6. The third-order valence-electron chi connectivity index (χ3n) is 6.62. The van der Waals surface area contributed by atoms with E-state index in [4.69, 9.17) is 28.4 Å². The third-order valence-corrected chi connectivity index (χ3v) is 6.62. The molecule has 0 amide bonds. The van der Waals surface area contributed by atoms with E-state index in [1.54, 1.807) is 35.5 Å². The van der Waals surface area contributed by atoms with Crippen molar-refractivity contribution in [2.45, 2.75) is 32.6 Å². The van der Waals surface area contributed by atoms with Crippen LogP contribution in [0.4, 0.5) is 0 Å². The standard InChI is InChI=1S/C34H42O6/c1-25-30(36-3)21-28(22-31(25)37-4)17-15-26-11-13-27(14-12-26)16-18-29-23-32(38-5)34(33(24-29)39-6)40-20-10-8-7-9-19-35-2/h11-18,21-24H,7-10,19-20H2,1-6H3. The number of rotatable bonds is 16. The normalized spacial score (nSPS) is 11.2. The Balaban J connectivity index is 1.65. The van der Waals surface area contributed by atoms with Gasteiger partial charge in [-0.2, -0.15) is 0 Å². The van der Waals surface area contributed by atoms with E-state index in [2.05, 4.69) is 42.5 Å². The van der Waals surface area contributed by atoms with Crippen molar-refractivity contribution in [1.82, 2.24) is 0 Å². The van der Waals surface area contributed by atoms with Crippen LogP contribution >= 0.6 is 0 Å². The first-order valence-electron chi connectivity index (χ1n) is 13.6. The number of ether oxygens (including phenoxy) is 6. The van der Waals surface area contributed by atoms with E-state index in [0.717, 1.165) is 71.6 Å². The van der Waals surface area contributed by atoms with Crippen LogP contribution in [0.5, 0.6) is 28.7 Å². The van der Waals surface area contributed by atoms with Crippen LogP contribution in [0.25, 0.3) is 24.3 Å². The van der Waals surface area contributed by atoms with Crippen LogP contribution in [0.3, 0.4) is 0 Å². The molecule has 0 atom stereocenters. The molecule has 0 saturated carbocycles. The van der Waals surface area contributed by atoms with Crippen molar-refractivity contribution >= 4 is 24.3 Å². The van der Waals surface area contributed by atoms with Gasteiger partial charge in [0.05, 0.1) is 35.0 Å². The molecule has 0 aliphatic carbocycles. The zero-order valence-corrected chi connectivity index (χ0v) is 24.6. The molecule has 0 aromatic heterocycles. The van der Waals surface area contributed by atoms with E-state index in [0.29, 0.717) is 23.9 Å². The Hall–Kier alpha value is -3.90. The van der Waals surface area contributed by atoms with Crippen LogP contribution < -0.4 is 23.7 Å². The molecular formula is C34H42O6. The summed E-state index contributed by atoms with van der Waals surface area (Å²) in [6.45, 7) is 3.40. The lowest BCUT2D eigenvalue weighted by atomic mass is 10.1. The molecule has 214 valence electrons. The topological polar surface area (TPSA) is 55.4 Å². The van der Waals surface area contributed by atoms with Gasteiger partial charge in [-0.1, -0.05) is 55.0 Å². The Bertz CT molecular complexity index is 1210. The fourth-order valence-corrected chi connectivity index (χ4v) is 4.32. The van der Waals surface area contributed by atoms with Crippen LogP contribution in [0.2, 0.25) is 0 Å². The van der Waals surface area contributed by atoms with Gasteiger partial charge < -0.3 is 28.4 Å². The van der Waals surface area contributed by atoms with Crippen LogP contribution in [0, 0.1) is 6.92 Å². The fourth-order valence-electron chi connectivity index (χ4n) is 4.32. The number of unbranched alkanes of at least 4 members (excludes halogenated alkanes) is 3. The van der Waals surface area contributed by atoms with Crippen LogP contribution in [-0.2, 0) is 4.74 Å². The second kappa shape index (κ2) is 16.3. The highest BCUT2D eigenvalue weighted by atomic mass is 16.5. The molecule has 0 unspecified atom stereocenters. The maximum absolute atomic E-state index is 6.05. The van der Waals surface area contributed by atoms with Crippen molar-refractivity contribution < 1.29 is 28.4 Å². The minimum atomic E-state index is 0.612. The summed E-state index contributed by atoms with van der Waals surface area (Å²) in [5, 5.41) is 0. The molecular weight excluding hydrogens is 504 g/mol. The van der Waals surface area contributed by atoms with Crippen molar-refractivity contribution in [2.75, 3.05) is 48.8 Å². The summed E-state index contributed by atoms with van der Waals surface area (Å²) in [4.78, 5) is 0. The molecule has 3 aromatic rings. The quantitative estimate of drug-likeness (QED) is 0.134. The molecule has 0 aliphatic heterocycles. The van der Waals surface area contributed by atoms with Crippen molar-refractivity contribution in [2.24, 2.45) is 0 Å².